The topological polar surface area (TPSA) is 44.7 Å². The van der Waals surface area contributed by atoms with Crippen LogP contribution >= 0.6 is 0 Å². The Morgan fingerprint density at radius 1 is 1.44 bits per heavy atom. The second kappa shape index (κ2) is 6.33. The number of rotatable bonds is 6. The maximum atomic E-state index is 9.59. The number of nitrogens with zero attached hydrogens (tertiary/aromatic N) is 1. The van der Waals surface area contributed by atoms with Gasteiger partial charge in [0.1, 0.15) is 0 Å². The molecule has 0 amide bonds. The van der Waals surface area contributed by atoms with E-state index in [1.54, 1.807) is 0 Å². The molecule has 108 valence electrons. The molecule has 0 bridgehead atoms. The summed E-state index contributed by atoms with van der Waals surface area (Å²) in [5.74, 6) is 0. The number of ether oxygens (including phenoxy) is 1. The van der Waals surface area contributed by atoms with Crippen LogP contribution in [0, 0.1) is 0 Å². The number of hydrogen-bond donors (Lipinski definition) is 2. The van der Waals surface area contributed by atoms with E-state index < -0.39 is 0 Å². The molecule has 4 nitrogen and oxygen atoms in total. The number of aliphatic hydroxyl groups excluding tert-OH is 1. The molecule has 2 N–H and O–H groups in total. The third kappa shape index (κ3) is 4.50. The van der Waals surface area contributed by atoms with E-state index in [0.29, 0.717) is 6.04 Å². The third-order valence-electron chi connectivity index (χ3n) is 3.74. The van der Waals surface area contributed by atoms with Crippen molar-refractivity contribution in [2.45, 2.75) is 58.2 Å². The van der Waals surface area contributed by atoms with Gasteiger partial charge in [0.15, 0.2) is 0 Å². The van der Waals surface area contributed by atoms with Crippen LogP contribution < -0.4 is 5.32 Å². The van der Waals surface area contributed by atoms with Crippen LogP contribution in [0.3, 0.4) is 0 Å². The molecule has 1 aliphatic heterocycles. The zero-order valence-corrected chi connectivity index (χ0v) is 12.6. The van der Waals surface area contributed by atoms with E-state index in [2.05, 4.69) is 44.8 Å². The lowest BCUT2D eigenvalue weighted by atomic mass is 9.95. The average Bonchev–Trinajstić information content (AvgIpc) is 2.26. The van der Waals surface area contributed by atoms with E-state index in [9.17, 15) is 5.11 Å². The fraction of sp³-hybridized carbons (Fsp3) is 1.00. The first-order chi connectivity index (χ1) is 8.29. The summed E-state index contributed by atoms with van der Waals surface area (Å²) >= 11 is 0. The minimum Gasteiger partial charge on any atom is -0.394 e. The molecule has 1 unspecified atom stereocenters. The highest BCUT2D eigenvalue weighted by molar-refractivity contribution is 4.89. The maximum absolute atomic E-state index is 9.59. The smallest absolute Gasteiger partial charge is 0.0645 e. The Morgan fingerprint density at radius 3 is 2.61 bits per heavy atom. The Balaban J connectivity index is 2.51. The first-order valence-corrected chi connectivity index (χ1v) is 7.00. The fourth-order valence-electron chi connectivity index (χ4n) is 2.58. The Bertz CT molecular complexity index is 256. The molecule has 0 aromatic heterocycles. The summed E-state index contributed by atoms with van der Waals surface area (Å²) in [4.78, 5) is 2.46. The van der Waals surface area contributed by atoms with E-state index in [4.69, 9.17) is 4.74 Å². The van der Waals surface area contributed by atoms with Gasteiger partial charge in [0.2, 0.25) is 0 Å². The number of aliphatic hydroxyl groups is 1. The molecule has 0 aromatic carbocycles. The summed E-state index contributed by atoms with van der Waals surface area (Å²) in [5.41, 5.74) is -0.0883. The van der Waals surface area contributed by atoms with Gasteiger partial charge in [-0.2, -0.15) is 0 Å². The van der Waals surface area contributed by atoms with Gasteiger partial charge in [-0.1, -0.05) is 13.8 Å². The van der Waals surface area contributed by atoms with Crippen LogP contribution in [0.15, 0.2) is 0 Å². The van der Waals surface area contributed by atoms with Gasteiger partial charge in [0.25, 0.3) is 0 Å². The van der Waals surface area contributed by atoms with Crippen molar-refractivity contribution in [1.29, 1.82) is 0 Å². The summed E-state index contributed by atoms with van der Waals surface area (Å²) in [7, 11) is 0. The Kier molecular flexibility index (Phi) is 5.59. The van der Waals surface area contributed by atoms with Crippen molar-refractivity contribution >= 4 is 0 Å². The molecule has 1 heterocycles. The summed E-state index contributed by atoms with van der Waals surface area (Å²) in [5, 5.41) is 13.1. The van der Waals surface area contributed by atoms with Crippen LogP contribution in [0.5, 0.6) is 0 Å². The zero-order chi connectivity index (χ0) is 13.8. The average molecular weight is 258 g/mol. The Labute approximate surface area is 112 Å². The standard InChI is InChI=1S/C14H30N2O2/c1-12(2)15-14(5,10-17)6-7-16-8-9-18-11-13(16,3)4/h12,15,17H,6-11H2,1-5H3. The first-order valence-electron chi connectivity index (χ1n) is 7.00. The number of morpholine rings is 1. The number of hydrogen-bond acceptors (Lipinski definition) is 4. The van der Waals surface area contributed by atoms with Crippen molar-refractivity contribution in [3.05, 3.63) is 0 Å². The minimum atomic E-state index is -0.192. The molecular formula is C14H30N2O2. The van der Waals surface area contributed by atoms with Crippen molar-refractivity contribution in [3.8, 4) is 0 Å². The van der Waals surface area contributed by atoms with Crippen LogP contribution in [0.25, 0.3) is 0 Å². The second-order valence-corrected chi connectivity index (χ2v) is 6.62. The first kappa shape index (κ1) is 15.9. The van der Waals surface area contributed by atoms with Crippen LogP contribution in [0.4, 0.5) is 0 Å². The van der Waals surface area contributed by atoms with Crippen LogP contribution in [-0.2, 0) is 4.74 Å². The third-order valence-corrected chi connectivity index (χ3v) is 3.74. The molecule has 0 aliphatic carbocycles. The SMILES string of the molecule is CC(C)NC(C)(CO)CCN1CCOCC1(C)C. The lowest BCUT2D eigenvalue weighted by molar-refractivity contribution is -0.0549. The van der Waals surface area contributed by atoms with Crippen molar-refractivity contribution in [1.82, 2.24) is 10.2 Å². The monoisotopic (exact) mass is 258 g/mol. The van der Waals surface area contributed by atoms with Gasteiger partial charge >= 0.3 is 0 Å². The maximum Gasteiger partial charge on any atom is 0.0645 e. The second-order valence-electron chi connectivity index (χ2n) is 6.62. The molecule has 1 atom stereocenters. The van der Waals surface area contributed by atoms with E-state index >= 15 is 0 Å². The van der Waals surface area contributed by atoms with Gasteiger partial charge in [-0.25, -0.2) is 0 Å². The molecule has 1 aliphatic rings. The predicted molar refractivity (Wildman–Crippen MR) is 74.9 cm³/mol. The molecule has 0 saturated carbocycles. The van der Waals surface area contributed by atoms with Gasteiger partial charge < -0.3 is 15.2 Å². The van der Waals surface area contributed by atoms with Gasteiger partial charge in [0, 0.05) is 30.2 Å². The lowest BCUT2D eigenvalue weighted by Crippen LogP contribution is -2.56. The zero-order valence-electron chi connectivity index (χ0n) is 12.6. The number of nitrogens with one attached hydrogen (secondary N) is 1. The van der Waals surface area contributed by atoms with Crippen LogP contribution in [0.2, 0.25) is 0 Å². The van der Waals surface area contributed by atoms with Crippen molar-refractivity contribution in [2.75, 3.05) is 32.9 Å². The highest BCUT2D eigenvalue weighted by Gasteiger charge is 2.32. The lowest BCUT2D eigenvalue weighted by Gasteiger charge is -2.44. The molecular weight excluding hydrogens is 228 g/mol. The summed E-state index contributed by atoms with van der Waals surface area (Å²) in [6.07, 6.45) is 0.950. The van der Waals surface area contributed by atoms with Crippen LogP contribution in [0.1, 0.15) is 41.0 Å². The summed E-state index contributed by atoms with van der Waals surface area (Å²) < 4.78 is 5.53. The molecule has 0 radical (unpaired) electrons. The highest BCUT2D eigenvalue weighted by atomic mass is 16.5. The van der Waals surface area contributed by atoms with Gasteiger partial charge in [-0.15, -0.1) is 0 Å². The molecule has 0 aromatic rings. The Morgan fingerprint density at radius 2 is 2.11 bits per heavy atom. The quantitative estimate of drug-likeness (QED) is 0.752. The van der Waals surface area contributed by atoms with Gasteiger partial charge in [-0.3, -0.25) is 4.90 Å². The molecule has 1 saturated heterocycles. The van der Waals surface area contributed by atoms with E-state index in [1.165, 1.54) is 0 Å². The molecule has 18 heavy (non-hydrogen) atoms. The Hall–Kier alpha value is -0.160. The summed E-state index contributed by atoms with van der Waals surface area (Å²) in [6, 6.07) is 0.389. The van der Waals surface area contributed by atoms with Gasteiger partial charge in [-0.05, 0) is 27.2 Å². The van der Waals surface area contributed by atoms with E-state index in [0.717, 1.165) is 32.7 Å². The van der Waals surface area contributed by atoms with E-state index in [1.807, 2.05) is 0 Å². The van der Waals surface area contributed by atoms with Crippen molar-refractivity contribution in [2.24, 2.45) is 0 Å². The highest BCUT2D eigenvalue weighted by Crippen LogP contribution is 2.21. The normalized spacial score (nSPS) is 24.2. The largest absolute Gasteiger partial charge is 0.394 e. The van der Waals surface area contributed by atoms with Gasteiger partial charge in [0.05, 0.1) is 19.8 Å². The summed E-state index contributed by atoms with van der Waals surface area (Å²) in [6.45, 7) is 14.5. The molecule has 1 fully saturated rings. The van der Waals surface area contributed by atoms with E-state index in [-0.39, 0.29) is 17.7 Å². The van der Waals surface area contributed by atoms with Crippen molar-refractivity contribution < 1.29 is 9.84 Å². The minimum absolute atomic E-state index is 0.104. The predicted octanol–water partition coefficient (Wildman–Crippen LogP) is 1.24. The molecule has 1 rings (SSSR count). The molecule has 0 spiro atoms. The fourth-order valence-corrected chi connectivity index (χ4v) is 2.58. The van der Waals surface area contributed by atoms with Crippen molar-refractivity contribution in [3.63, 3.8) is 0 Å². The molecule has 4 heteroatoms. The van der Waals surface area contributed by atoms with Crippen LogP contribution in [-0.4, -0.2) is 60.0 Å².